The summed E-state index contributed by atoms with van der Waals surface area (Å²) in [5.41, 5.74) is 0. The minimum atomic E-state index is -0.245. The Hall–Kier alpha value is -1.14. The summed E-state index contributed by atoms with van der Waals surface area (Å²) in [5.74, 6) is -0.153. The van der Waals surface area contributed by atoms with Crippen molar-refractivity contribution < 1.29 is 19.1 Å². The van der Waals surface area contributed by atoms with Gasteiger partial charge in [0.1, 0.15) is 0 Å². The van der Waals surface area contributed by atoms with E-state index in [1.165, 1.54) is 25.9 Å². The third-order valence-corrected chi connectivity index (χ3v) is 0.917. The molecule has 6 heteroatoms. The monoisotopic (exact) mass is 266 g/mol. The molecule has 0 aromatic rings. The molecule has 6 nitrogen and oxygen atoms in total. The summed E-state index contributed by atoms with van der Waals surface area (Å²) in [6.07, 6.45) is 0. The second kappa shape index (κ2) is 21.2. The van der Waals surface area contributed by atoms with Crippen molar-refractivity contribution in [3.63, 3.8) is 0 Å². The zero-order valence-electron chi connectivity index (χ0n) is 13.5. The van der Waals surface area contributed by atoms with Gasteiger partial charge in [-0.1, -0.05) is 0 Å². The Kier molecular flexibility index (Phi) is 30.2. The van der Waals surface area contributed by atoms with Gasteiger partial charge in [0.15, 0.2) is 0 Å². The van der Waals surface area contributed by atoms with Crippen LogP contribution in [0.15, 0.2) is 0 Å². The molecule has 1 amide bonds. The maximum atomic E-state index is 10.1. The summed E-state index contributed by atoms with van der Waals surface area (Å²) in [5, 5.41) is 0. The maximum absolute atomic E-state index is 10.1. The van der Waals surface area contributed by atoms with Crippen LogP contribution in [-0.4, -0.2) is 78.2 Å². The molecule has 0 fully saturated rings. The predicted molar refractivity (Wildman–Crippen MR) is 74.6 cm³/mol. The average Bonchev–Trinajstić information content (AvgIpc) is 2.18. The molecule has 0 atom stereocenters. The van der Waals surface area contributed by atoms with Crippen molar-refractivity contribution in [2.75, 3.05) is 56.6 Å². The Balaban J connectivity index is -0.0000000750. The summed E-state index contributed by atoms with van der Waals surface area (Å²) in [7, 11) is 14.0. The fourth-order valence-corrected chi connectivity index (χ4v) is 0. The van der Waals surface area contributed by atoms with E-state index < -0.39 is 0 Å². The lowest BCUT2D eigenvalue weighted by Gasteiger charge is -2.02. The molecular weight excluding hydrogens is 236 g/mol. The highest BCUT2D eigenvalue weighted by Crippen LogP contribution is 1.69. The molecule has 0 N–H and O–H groups in total. The molecule has 0 aromatic heterocycles. The highest BCUT2D eigenvalue weighted by atomic mass is 16.5. The van der Waals surface area contributed by atoms with Crippen LogP contribution in [0.3, 0.4) is 0 Å². The lowest BCUT2D eigenvalue weighted by molar-refractivity contribution is -0.138. The molecule has 0 aliphatic carbocycles. The minimum absolute atomic E-state index is 0.0926. The van der Waals surface area contributed by atoms with Gasteiger partial charge in [-0.15, -0.1) is 0 Å². The topological polar surface area (TPSA) is 59.1 Å². The smallest absolute Gasteiger partial charge is 0.302 e. The Morgan fingerprint density at radius 3 is 0.944 bits per heavy atom. The number of carbonyl (C=O) groups is 2. The van der Waals surface area contributed by atoms with Gasteiger partial charge >= 0.3 is 5.97 Å². The third kappa shape index (κ3) is 121. The molecule has 0 saturated carbocycles. The van der Waals surface area contributed by atoms with E-state index in [0.29, 0.717) is 0 Å². The molecule has 0 aliphatic heterocycles. The number of carbonyl (C=O) groups excluding carboxylic acids is 2. The quantitative estimate of drug-likeness (QED) is 0.605. The molecule has 0 bridgehead atoms. The number of ether oxygens (including phenoxy) is 2. The molecule has 18 heavy (non-hydrogen) atoms. The van der Waals surface area contributed by atoms with Crippen LogP contribution in [0.2, 0.25) is 0 Å². The first kappa shape index (κ1) is 25.6. The number of amides is 1. The van der Waals surface area contributed by atoms with Crippen molar-refractivity contribution in [1.29, 1.82) is 0 Å². The number of rotatable bonds is 0. The Bertz CT molecular complexity index is 180. The second-order valence-corrected chi connectivity index (χ2v) is 3.86. The van der Waals surface area contributed by atoms with Crippen molar-refractivity contribution in [2.24, 2.45) is 0 Å². The van der Waals surface area contributed by atoms with E-state index >= 15 is 0 Å². The van der Waals surface area contributed by atoms with Crippen LogP contribution in [0.5, 0.6) is 0 Å². The van der Waals surface area contributed by atoms with Crippen LogP contribution in [0.25, 0.3) is 0 Å². The van der Waals surface area contributed by atoms with Crippen LogP contribution in [0.1, 0.15) is 13.8 Å². The molecule has 0 aromatic carbocycles. The number of hydrogen-bond donors (Lipinski definition) is 0. The van der Waals surface area contributed by atoms with Gasteiger partial charge in [-0.25, -0.2) is 0 Å². The lowest BCUT2D eigenvalue weighted by atomic mass is 10.7. The molecule has 0 rings (SSSR count). The molecule has 0 spiro atoms. The summed E-state index contributed by atoms with van der Waals surface area (Å²) in [6.45, 7) is 2.89. The van der Waals surface area contributed by atoms with Crippen molar-refractivity contribution >= 4 is 11.9 Å². The minimum Gasteiger partial charge on any atom is -0.469 e. The van der Waals surface area contributed by atoms with Crippen molar-refractivity contribution in [3.05, 3.63) is 0 Å². The molecule has 0 heterocycles. The third-order valence-electron chi connectivity index (χ3n) is 0.917. The van der Waals surface area contributed by atoms with E-state index in [2.05, 4.69) is 9.47 Å². The highest BCUT2D eigenvalue weighted by Gasteiger charge is 1.87. The van der Waals surface area contributed by atoms with Gasteiger partial charge in [0.25, 0.3) is 0 Å². The van der Waals surface area contributed by atoms with Gasteiger partial charge < -0.3 is 19.3 Å². The molecule has 0 saturated heterocycles. The normalized spacial score (nSPS) is 7.50. The zero-order valence-corrected chi connectivity index (χ0v) is 13.5. The highest BCUT2D eigenvalue weighted by molar-refractivity contribution is 5.72. The number of hydrogen-bond acceptors (Lipinski definition) is 5. The van der Waals surface area contributed by atoms with E-state index in [-0.39, 0.29) is 11.9 Å². The summed E-state index contributed by atoms with van der Waals surface area (Å²) in [6, 6.07) is 0. The van der Waals surface area contributed by atoms with Crippen LogP contribution in [0.4, 0.5) is 0 Å². The molecule has 0 radical (unpaired) electrons. The molecular formula is C12H30N2O4. The van der Waals surface area contributed by atoms with Crippen LogP contribution in [0, 0.1) is 0 Å². The lowest BCUT2D eigenvalue weighted by Crippen LogP contribution is -2.17. The SMILES string of the molecule is CC(=O)N(C)C.CN(C)C.COC.COC(C)=O. The Labute approximate surface area is 112 Å². The standard InChI is InChI=1S/C4H9NO.C3H9N.C3H6O2.C2H6O/c1-4(6)5(2)3;1-4(2)3;1-3(4)5-2;1-3-2/h1-3H3;1-3H3;1-2H3;1-2H3. The number of nitrogens with zero attached hydrogens (tertiary/aromatic N) is 2. The Morgan fingerprint density at radius 1 is 0.833 bits per heavy atom. The first-order valence-electron chi connectivity index (χ1n) is 5.30. The first-order chi connectivity index (χ1) is 8.06. The fraction of sp³-hybridized carbons (Fsp3) is 0.833. The van der Waals surface area contributed by atoms with Crippen molar-refractivity contribution in [2.45, 2.75) is 13.8 Å². The van der Waals surface area contributed by atoms with Gasteiger partial charge in [-0.3, -0.25) is 9.59 Å². The summed E-state index contributed by atoms with van der Waals surface area (Å²) >= 11 is 0. The van der Waals surface area contributed by atoms with Crippen molar-refractivity contribution in [3.8, 4) is 0 Å². The summed E-state index contributed by atoms with van der Waals surface area (Å²) in [4.78, 5) is 23.2. The molecule has 112 valence electrons. The van der Waals surface area contributed by atoms with Crippen molar-refractivity contribution in [1.82, 2.24) is 9.80 Å². The van der Waals surface area contributed by atoms with E-state index in [4.69, 9.17) is 0 Å². The second-order valence-electron chi connectivity index (χ2n) is 3.86. The van der Waals surface area contributed by atoms with Crippen LogP contribution in [-0.2, 0) is 19.1 Å². The number of methoxy groups -OCH3 is 2. The zero-order chi connectivity index (χ0) is 15.7. The Morgan fingerprint density at radius 2 is 0.944 bits per heavy atom. The van der Waals surface area contributed by atoms with Gasteiger partial charge in [0.05, 0.1) is 7.11 Å². The van der Waals surface area contributed by atoms with E-state index in [9.17, 15) is 9.59 Å². The van der Waals surface area contributed by atoms with Crippen LogP contribution >= 0.6 is 0 Å². The average molecular weight is 266 g/mol. The maximum Gasteiger partial charge on any atom is 0.302 e. The summed E-state index contributed by atoms with van der Waals surface area (Å²) < 4.78 is 8.36. The van der Waals surface area contributed by atoms with Gasteiger partial charge in [-0.05, 0) is 21.1 Å². The van der Waals surface area contributed by atoms with Gasteiger partial charge in [-0.2, -0.15) is 0 Å². The predicted octanol–water partition coefficient (Wildman–Crippen LogP) is 0.714. The molecule has 0 unspecified atom stereocenters. The fourth-order valence-electron chi connectivity index (χ4n) is 0. The van der Waals surface area contributed by atoms with Gasteiger partial charge in [0.2, 0.25) is 5.91 Å². The van der Waals surface area contributed by atoms with E-state index in [0.717, 1.165) is 0 Å². The van der Waals surface area contributed by atoms with E-state index in [1.54, 1.807) is 28.3 Å². The van der Waals surface area contributed by atoms with Gasteiger partial charge in [0, 0.05) is 42.2 Å². The largest absolute Gasteiger partial charge is 0.469 e. The first-order valence-corrected chi connectivity index (χ1v) is 5.30. The molecule has 0 aliphatic rings. The van der Waals surface area contributed by atoms with Crippen LogP contribution < -0.4 is 0 Å². The van der Waals surface area contributed by atoms with E-state index in [1.807, 2.05) is 26.0 Å². The number of esters is 1.